The highest BCUT2D eigenvalue weighted by atomic mass is 31.2. The van der Waals surface area contributed by atoms with Crippen LogP contribution in [0.5, 0.6) is 0 Å². The number of methoxy groups -OCH3 is 2. The second-order valence-corrected chi connectivity index (χ2v) is 13.7. The van der Waals surface area contributed by atoms with Gasteiger partial charge in [-0.1, -0.05) is 84.9 Å². The maximum atomic E-state index is 14.0. The number of ketones is 1. The van der Waals surface area contributed by atoms with E-state index in [-0.39, 0.29) is 17.6 Å². The van der Waals surface area contributed by atoms with Crippen LogP contribution in [0.1, 0.15) is 22.1 Å². The lowest BCUT2D eigenvalue weighted by atomic mass is 10.2. The Kier molecular flexibility index (Phi) is 10.1. The Morgan fingerprint density at radius 1 is 0.696 bits per heavy atom. The number of benzene rings is 4. The van der Waals surface area contributed by atoms with Gasteiger partial charge in [-0.3, -0.25) is 9.59 Å². The maximum Gasteiger partial charge on any atom is 0.337 e. The lowest BCUT2D eigenvalue weighted by Gasteiger charge is -2.33. The van der Waals surface area contributed by atoms with Gasteiger partial charge in [0.1, 0.15) is 15.9 Å². The first-order valence-electron chi connectivity index (χ1n) is 14.6. The summed E-state index contributed by atoms with van der Waals surface area (Å²) in [6.45, 7) is 0.146. The van der Waals surface area contributed by atoms with Crippen LogP contribution in [0.25, 0.3) is 0 Å². The average molecular weight is 634 g/mol. The van der Waals surface area contributed by atoms with Crippen molar-refractivity contribution in [1.29, 1.82) is 0 Å². The number of nitrogens with one attached hydrogen (secondary N) is 1. The molecule has 1 unspecified atom stereocenters. The molecule has 0 aliphatic rings. The van der Waals surface area contributed by atoms with E-state index < -0.39 is 36.9 Å². The van der Waals surface area contributed by atoms with Gasteiger partial charge >= 0.3 is 11.9 Å². The topological polar surface area (TPSA) is 107 Å². The van der Waals surface area contributed by atoms with Gasteiger partial charge in [0.05, 0.1) is 19.9 Å². The number of hydrogen-bond acceptors (Lipinski definition) is 6. The summed E-state index contributed by atoms with van der Waals surface area (Å²) in [6.07, 6.45) is 1.53. The predicted molar refractivity (Wildman–Crippen MR) is 180 cm³/mol. The van der Waals surface area contributed by atoms with E-state index in [2.05, 4.69) is 5.32 Å². The third kappa shape index (κ3) is 6.21. The minimum Gasteiger partial charge on any atom is -0.478 e. The zero-order valence-electron chi connectivity index (χ0n) is 25.4. The number of ether oxygens (including phenoxy) is 2. The van der Waals surface area contributed by atoms with E-state index in [9.17, 15) is 19.5 Å². The Balaban J connectivity index is 1.75. The summed E-state index contributed by atoms with van der Waals surface area (Å²) in [5, 5.41) is 17.1. The highest BCUT2D eigenvalue weighted by Crippen LogP contribution is 2.66. The number of rotatable bonds is 12. The van der Waals surface area contributed by atoms with Crippen LogP contribution in [0.2, 0.25) is 0 Å². The molecule has 1 amide bonds. The highest BCUT2D eigenvalue weighted by Gasteiger charge is 2.57. The minimum absolute atomic E-state index is 0.0605. The van der Waals surface area contributed by atoms with Gasteiger partial charge in [0, 0.05) is 12.7 Å². The smallest absolute Gasteiger partial charge is 0.337 e. The molecule has 1 aromatic heterocycles. The van der Waals surface area contributed by atoms with E-state index in [1.807, 2.05) is 121 Å². The van der Waals surface area contributed by atoms with Crippen LogP contribution >= 0.6 is 7.26 Å². The van der Waals surface area contributed by atoms with Crippen LogP contribution < -0.4 is 21.2 Å². The van der Waals surface area contributed by atoms with Crippen molar-refractivity contribution in [1.82, 2.24) is 9.88 Å². The highest BCUT2D eigenvalue weighted by molar-refractivity contribution is 7.99. The molecule has 5 rings (SSSR count). The zero-order valence-corrected chi connectivity index (χ0v) is 26.3. The van der Waals surface area contributed by atoms with Crippen molar-refractivity contribution in [2.75, 3.05) is 14.2 Å². The SMILES string of the molecule is COC(=O)C(/C(=C(\O)OC)[P+](c1ccccc1)(c1ccccc1)c1ccccc1)n1cccc1C(=O)C(=O)NCc1ccccc1. The molecule has 1 heterocycles. The molecule has 4 aromatic carbocycles. The third-order valence-electron chi connectivity index (χ3n) is 7.68. The summed E-state index contributed by atoms with van der Waals surface area (Å²) in [5.74, 6) is -2.96. The molecule has 46 heavy (non-hydrogen) atoms. The van der Waals surface area contributed by atoms with E-state index in [0.29, 0.717) is 0 Å². The number of esters is 1. The van der Waals surface area contributed by atoms with Gasteiger partial charge in [-0.05, 0) is 54.1 Å². The maximum absolute atomic E-state index is 14.0. The number of hydrogen-bond donors (Lipinski definition) is 2. The zero-order chi connectivity index (χ0) is 32.5. The van der Waals surface area contributed by atoms with Crippen LogP contribution in [0.15, 0.2) is 151 Å². The van der Waals surface area contributed by atoms with E-state index in [1.54, 1.807) is 6.07 Å². The monoisotopic (exact) mass is 633 g/mol. The van der Waals surface area contributed by atoms with Gasteiger partial charge in [0.2, 0.25) is 5.31 Å². The van der Waals surface area contributed by atoms with Gasteiger partial charge < -0.3 is 24.5 Å². The summed E-state index contributed by atoms with van der Waals surface area (Å²) in [4.78, 5) is 40.9. The largest absolute Gasteiger partial charge is 0.478 e. The van der Waals surface area contributed by atoms with Gasteiger partial charge in [0.25, 0.3) is 11.7 Å². The molecule has 0 bridgehead atoms. The van der Waals surface area contributed by atoms with Crippen LogP contribution in [-0.4, -0.2) is 41.6 Å². The molecule has 0 aliphatic carbocycles. The van der Waals surface area contributed by atoms with E-state index >= 15 is 0 Å². The average Bonchev–Trinajstić information content (AvgIpc) is 3.61. The van der Waals surface area contributed by atoms with Crippen LogP contribution in [0.3, 0.4) is 0 Å². The summed E-state index contributed by atoms with van der Waals surface area (Å²) < 4.78 is 12.3. The lowest BCUT2D eigenvalue weighted by Crippen LogP contribution is -2.39. The molecule has 0 fully saturated rings. The molecule has 9 heteroatoms. The van der Waals surface area contributed by atoms with Crippen molar-refractivity contribution in [2.24, 2.45) is 0 Å². The van der Waals surface area contributed by atoms with E-state index in [4.69, 9.17) is 9.47 Å². The van der Waals surface area contributed by atoms with Crippen LogP contribution in [0, 0.1) is 0 Å². The summed E-state index contributed by atoms with van der Waals surface area (Å²) in [6, 6.07) is 39.6. The molecular weight excluding hydrogens is 599 g/mol. The van der Waals surface area contributed by atoms with Crippen LogP contribution in [0.4, 0.5) is 0 Å². The van der Waals surface area contributed by atoms with Crippen molar-refractivity contribution in [3.63, 3.8) is 0 Å². The summed E-state index contributed by atoms with van der Waals surface area (Å²) in [7, 11) is -0.600. The number of carbonyl (C=O) groups excluding carboxylic acids is 3. The van der Waals surface area contributed by atoms with Crippen molar-refractivity contribution >= 4 is 40.8 Å². The molecule has 2 N–H and O–H groups in total. The number of carbonyl (C=O) groups is 3. The van der Waals surface area contributed by atoms with Crippen LogP contribution in [-0.2, 0) is 25.6 Å². The standard InChI is InChI=1S/C37H33N2O6P/c1-44-36(42)32(39-25-15-24-31(39)33(40)35(41)38-26-27-16-7-3-8-17-27)34(37(43)45-2)46(28-18-9-4-10-19-28,29-20-11-5-12-21-29)30-22-13-6-14-23-30/h3-25,32H,26H2,1-2H3,(H-,38,41,43)/p+1/b37-34-. The van der Waals surface area contributed by atoms with Crippen molar-refractivity contribution in [3.8, 4) is 0 Å². The first-order chi connectivity index (χ1) is 22.4. The summed E-state index contributed by atoms with van der Waals surface area (Å²) >= 11 is 0. The van der Waals surface area contributed by atoms with Crippen molar-refractivity contribution < 1.29 is 29.0 Å². The molecule has 0 spiro atoms. The molecule has 0 radical (unpaired) electrons. The van der Waals surface area contributed by atoms with E-state index in [1.165, 1.54) is 31.0 Å². The first-order valence-corrected chi connectivity index (χ1v) is 16.4. The predicted octanol–water partition coefficient (Wildman–Crippen LogP) is 5.07. The Morgan fingerprint density at radius 2 is 1.17 bits per heavy atom. The second-order valence-electron chi connectivity index (χ2n) is 10.3. The molecule has 5 aromatic rings. The molecule has 8 nitrogen and oxygen atoms in total. The number of Topliss-reactive ketones (excluding diaryl/α,β-unsaturated/α-hetero) is 1. The Bertz CT molecular complexity index is 1730. The molecule has 232 valence electrons. The van der Waals surface area contributed by atoms with Gasteiger partial charge in [-0.25, -0.2) is 4.79 Å². The van der Waals surface area contributed by atoms with Crippen molar-refractivity contribution in [3.05, 3.63) is 162 Å². The first kappa shape index (κ1) is 31.9. The van der Waals surface area contributed by atoms with E-state index in [0.717, 1.165) is 21.5 Å². The molecule has 0 saturated carbocycles. The third-order valence-corrected chi connectivity index (χ3v) is 12.1. The Morgan fingerprint density at radius 3 is 1.63 bits per heavy atom. The number of nitrogens with zero attached hydrogens (tertiary/aromatic N) is 1. The number of aromatic nitrogens is 1. The normalized spacial score (nSPS) is 12.4. The van der Waals surface area contributed by atoms with Gasteiger partial charge in [0.15, 0.2) is 13.3 Å². The second kappa shape index (κ2) is 14.5. The van der Waals surface area contributed by atoms with Gasteiger partial charge in [-0.2, -0.15) is 0 Å². The number of aliphatic hydroxyl groups excluding tert-OH is 1. The summed E-state index contributed by atoms with van der Waals surface area (Å²) in [5.41, 5.74) is 0.763. The Hall–Kier alpha value is -5.46. The Labute approximate surface area is 268 Å². The molecule has 0 saturated heterocycles. The minimum atomic E-state index is -3.16. The molecule has 1 atom stereocenters. The number of amides is 1. The molecule has 0 aliphatic heterocycles. The fourth-order valence-electron chi connectivity index (χ4n) is 5.62. The lowest BCUT2D eigenvalue weighted by molar-refractivity contribution is -0.143. The quantitative estimate of drug-likeness (QED) is 0.0654. The fraction of sp³-hybridized carbons (Fsp3) is 0.108. The van der Waals surface area contributed by atoms with Gasteiger partial charge in [-0.15, -0.1) is 0 Å². The number of aliphatic hydroxyl groups is 1. The van der Waals surface area contributed by atoms with Crippen molar-refractivity contribution in [2.45, 2.75) is 12.6 Å². The molecular formula is C37H34N2O6P+. The fourth-order valence-corrected chi connectivity index (χ4v) is 10.2.